The van der Waals surface area contributed by atoms with Gasteiger partial charge in [-0.1, -0.05) is 6.92 Å². The summed E-state index contributed by atoms with van der Waals surface area (Å²) >= 11 is 0. The van der Waals surface area contributed by atoms with Gasteiger partial charge in [0.05, 0.1) is 25.0 Å². The third kappa shape index (κ3) is 5.75. The molecule has 0 radical (unpaired) electrons. The van der Waals surface area contributed by atoms with E-state index in [-0.39, 0.29) is 29.8 Å². The standard InChI is InChI=1S/C24H22F4N2O6/c1-12(23(33)34)11-29-21(31)9-16-13(2)30(19-10-18(25)20(35-3)8-17(16)19)22(32)14-4-6-15(7-5-14)36-24(26,27)28/h4-8,10,12H,9,11H2,1-3H3,(H,29,31)(H,33,34). The Morgan fingerprint density at radius 1 is 1.14 bits per heavy atom. The summed E-state index contributed by atoms with van der Waals surface area (Å²) in [5.41, 5.74) is 0.772. The lowest BCUT2D eigenvalue weighted by Crippen LogP contribution is -2.32. The molecular formula is C24H22F4N2O6. The Hall–Kier alpha value is -4.09. The van der Waals surface area contributed by atoms with Crippen molar-refractivity contribution in [3.63, 3.8) is 0 Å². The molecule has 2 aromatic carbocycles. The van der Waals surface area contributed by atoms with Crippen molar-refractivity contribution in [2.75, 3.05) is 13.7 Å². The predicted octanol–water partition coefficient (Wildman–Crippen LogP) is 4.06. The number of methoxy groups -OCH3 is 1. The van der Waals surface area contributed by atoms with E-state index >= 15 is 0 Å². The number of hydrogen-bond acceptors (Lipinski definition) is 5. The van der Waals surface area contributed by atoms with Gasteiger partial charge in [-0.05, 0) is 42.8 Å². The fourth-order valence-electron chi connectivity index (χ4n) is 3.63. The summed E-state index contributed by atoms with van der Waals surface area (Å²) in [6.45, 7) is 2.85. The Kier molecular flexibility index (Phi) is 7.56. The molecule has 0 fully saturated rings. The number of aliphatic carboxylic acids is 1. The highest BCUT2D eigenvalue weighted by Gasteiger charge is 2.31. The molecule has 12 heteroatoms. The number of nitrogens with one attached hydrogen (secondary N) is 1. The Labute approximate surface area is 202 Å². The molecule has 1 amide bonds. The molecule has 1 aromatic heterocycles. The fourth-order valence-corrected chi connectivity index (χ4v) is 3.63. The van der Waals surface area contributed by atoms with Gasteiger partial charge < -0.3 is 19.9 Å². The molecular weight excluding hydrogens is 488 g/mol. The Morgan fingerprint density at radius 2 is 1.78 bits per heavy atom. The van der Waals surface area contributed by atoms with Crippen LogP contribution >= 0.6 is 0 Å². The van der Waals surface area contributed by atoms with Crippen molar-refractivity contribution >= 4 is 28.7 Å². The predicted molar refractivity (Wildman–Crippen MR) is 120 cm³/mol. The lowest BCUT2D eigenvalue weighted by Gasteiger charge is -2.11. The topological polar surface area (TPSA) is 107 Å². The number of ether oxygens (including phenoxy) is 2. The molecule has 8 nitrogen and oxygen atoms in total. The first kappa shape index (κ1) is 26.5. The third-order valence-electron chi connectivity index (χ3n) is 5.51. The van der Waals surface area contributed by atoms with Crippen molar-refractivity contribution in [1.82, 2.24) is 9.88 Å². The van der Waals surface area contributed by atoms with Crippen LogP contribution in [0.2, 0.25) is 0 Å². The highest BCUT2D eigenvalue weighted by atomic mass is 19.4. The van der Waals surface area contributed by atoms with Crippen molar-refractivity contribution < 1.29 is 46.5 Å². The maximum Gasteiger partial charge on any atom is 0.573 e. The second kappa shape index (κ2) is 10.3. The maximum atomic E-state index is 14.6. The molecule has 0 bridgehead atoms. The van der Waals surface area contributed by atoms with Gasteiger partial charge in [-0.15, -0.1) is 13.2 Å². The second-order valence-electron chi connectivity index (χ2n) is 8.00. The monoisotopic (exact) mass is 510 g/mol. The molecule has 0 saturated carbocycles. The van der Waals surface area contributed by atoms with Crippen LogP contribution in [-0.4, -0.2) is 47.5 Å². The Morgan fingerprint density at radius 3 is 2.33 bits per heavy atom. The smallest absolute Gasteiger partial charge is 0.494 e. The summed E-state index contributed by atoms with van der Waals surface area (Å²) in [6.07, 6.45) is -5.14. The van der Waals surface area contributed by atoms with Crippen LogP contribution in [0.4, 0.5) is 17.6 Å². The highest BCUT2D eigenvalue weighted by molar-refractivity contribution is 6.05. The quantitative estimate of drug-likeness (QED) is 0.443. The molecule has 36 heavy (non-hydrogen) atoms. The van der Waals surface area contributed by atoms with Gasteiger partial charge in [-0.25, -0.2) is 4.39 Å². The molecule has 1 unspecified atom stereocenters. The lowest BCUT2D eigenvalue weighted by molar-refractivity contribution is -0.274. The zero-order chi connectivity index (χ0) is 26.8. The van der Waals surface area contributed by atoms with E-state index in [1.165, 1.54) is 27.0 Å². The highest BCUT2D eigenvalue weighted by Crippen LogP contribution is 2.33. The SMILES string of the molecule is COc1cc2c(CC(=O)NCC(C)C(=O)O)c(C)n(C(=O)c3ccc(OC(F)(F)F)cc3)c2cc1F. The molecule has 192 valence electrons. The number of fused-ring (bicyclic) bond motifs is 1. The summed E-state index contributed by atoms with van der Waals surface area (Å²) < 4.78 is 61.9. The van der Waals surface area contributed by atoms with Crippen LogP contribution in [0.3, 0.4) is 0 Å². The maximum absolute atomic E-state index is 14.6. The number of amides is 1. The van der Waals surface area contributed by atoms with E-state index in [2.05, 4.69) is 10.1 Å². The number of benzene rings is 2. The number of alkyl halides is 3. The molecule has 2 N–H and O–H groups in total. The van der Waals surface area contributed by atoms with E-state index in [0.717, 1.165) is 34.9 Å². The molecule has 1 atom stereocenters. The van der Waals surface area contributed by atoms with Gasteiger partial charge in [0.25, 0.3) is 5.91 Å². The molecule has 0 aliphatic heterocycles. The Balaban J connectivity index is 2.02. The molecule has 3 rings (SSSR count). The summed E-state index contributed by atoms with van der Waals surface area (Å²) in [5, 5.41) is 11.9. The minimum atomic E-state index is -4.90. The van der Waals surface area contributed by atoms with Crippen molar-refractivity contribution in [3.05, 3.63) is 59.0 Å². The summed E-state index contributed by atoms with van der Waals surface area (Å²) in [7, 11) is 1.25. The molecule has 0 aliphatic rings. The molecule has 0 spiro atoms. The first-order valence-electron chi connectivity index (χ1n) is 10.6. The van der Waals surface area contributed by atoms with Gasteiger partial charge in [-0.2, -0.15) is 0 Å². The molecule has 3 aromatic rings. The van der Waals surface area contributed by atoms with Crippen LogP contribution < -0.4 is 14.8 Å². The Bertz CT molecular complexity index is 1320. The van der Waals surface area contributed by atoms with Crippen molar-refractivity contribution in [2.24, 2.45) is 5.92 Å². The first-order valence-corrected chi connectivity index (χ1v) is 10.6. The van der Waals surface area contributed by atoms with Gasteiger partial charge in [0, 0.05) is 29.3 Å². The van der Waals surface area contributed by atoms with Crippen LogP contribution in [-0.2, 0) is 16.0 Å². The fraction of sp³-hybridized carbons (Fsp3) is 0.292. The zero-order valence-corrected chi connectivity index (χ0v) is 19.4. The minimum Gasteiger partial charge on any atom is -0.494 e. The number of halogens is 4. The van der Waals surface area contributed by atoms with Crippen LogP contribution in [0.1, 0.15) is 28.5 Å². The normalized spacial score (nSPS) is 12.3. The van der Waals surface area contributed by atoms with Crippen molar-refractivity contribution in [3.8, 4) is 11.5 Å². The average Bonchev–Trinajstić information content (AvgIpc) is 3.05. The summed E-state index contributed by atoms with van der Waals surface area (Å²) in [5.74, 6) is -4.51. The van der Waals surface area contributed by atoms with Gasteiger partial charge in [0.1, 0.15) is 5.75 Å². The summed E-state index contributed by atoms with van der Waals surface area (Å²) in [4.78, 5) is 36.9. The van der Waals surface area contributed by atoms with E-state index in [1.807, 2.05) is 0 Å². The number of hydrogen-bond donors (Lipinski definition) is 2. The minimum absolute atomic E-state index is 0.00737. The second-order valence-corrected chi connectivity index (χ2v) is 8.00. The molecule has 0 aliphatic carbocycles. The van der Waals surface area contributed by atoms with Gasteiger partial charge in [-0.3, -0.25) is 19.0 Å². The van der Waals surface area contributed by atoms with Crippen LogP contribution in [0, 0.1) is 18.7 Å². The lowest BCUT2D eigenvalue weighted by atomic mass is 10.1. The molecule has 1 heterocycles. The van der Waals surface area contributed by atoms with E-state index in [0.29, 0.717) is 16.6 Å². The average molecular weight is 510 g/mol. The zero-order valence-electron chi connectivity index (χ0n) is 19.4. The number of nitrogens with zero attached hydrogens (tertiary/aromatic N) is 1. The number of aromatic nitrogens is 1. The van der Waals surface area contributed by atoms with Gasteiger partial charge >= 0.3 is 12.3 Å². The van der Waals surface area contributed by atoms with Crippen molar-refractivity contribution in [2.45, 2.75) is 26.6 Å². The third-order valence-corrected chi connectivity index (χ3v) is 5.51. The van der Waals surface area contributed by atoms with E-state index in [4.69, 9.17) is 9.84 Å². The largest absolute Gasteiger partial charge is 0.573 e. The van der Waals surface area contributed by atoms with Crippen LogP contribution in [0.25, 0.3) is 10.9 Å². The van der Waals surface area contributed by atoms with Gasteiger partial charge in [0.15, 0.2) is 11.6 Å². The number of carbonyl (C=O) groups excluding carboxylic acids is 2. The van der Waals surface area contributed by atoms with E-state index in [9.17, 15) is 31.9 Å². The number of carbonyl (C=O) groups is 3. The van der Waals surface area contributed by atoms with E-state index in [1.54, 1.807) is 0 Å². The van der Waals surface area contributed by atoms with Crippen LogP contribution in [0.5, 0.6) is 11.5 Å². The molecule has 0 saturated heterocycles. The number of carboxylic acid groups (broad SMARTS) is 1. The number of rotatable bonds is 8. The number of carboxylic acids is 1. The summed E-state index contributed by atoms with van der Waals surface area (Å²) in [6, 6.07) is 6.62. The van der Waals surface area contributed by atoms with E-state index < -0.39 is 41.6 Å². The van der Waals surface area contributed by atoms with Gasteiger partial charge in [0.2, 0.25) is 5.91 Å². The van der Waals surface area contributed by atoms with Crippen LogP contribution in [0.15, 0.2) is 36.4 Å². The first-order chi connectivity index (χ1) is 16.8. The van der Waals surface area contributed by atoms with Crippen molar-refractivity contribution in [1.29, 1.82) is 0 Å².